The summed E-state index contributed by atoms with van der Waals surface area (Å²) in [4.78, 5) is 1.18. The smallest absolute Gasteiger partial charge is 0.114 e. The molecule has 1 atom stereocenters. The summed E-state index contributed by atoms with van der Waals surface area (Å²) in [7, 11) is 0. The van der Waals surface area contributed by atoms with Gasteiger partial charge in [-0.1, -0.05) is 12.1 Å². The summed E-state index contributed by atoms with van der Waals surface area (Å²) in [6.45, 7) is 0.748. The van der Waals surface area contributed by atoms with Gasteiger partial charge in [0, 0.05) is 17.1 Å². The highest BCUT2D eigenvalue weighted by Crippen LogP contribution is 2.33. The molecule has 0 spiro atoms. The summed E-state index contributed by atoms with van der Waals surface area (Å²) in [5, 5.41) is 12.0. The molecule has 3 heteroatoms. The third-order valence-corrected chi connectivity index (χ3v) is 2.94. The lowest BCUT2D eigenvalue weighted by Gasteiger charge is -2.20. The van der Waals surface area contributed by atoms with Crippen molar-refractivity contribution in [1.82, 2.24) is 0 Å². The number of nitrogens with one attached hydrogen (secondary N) is 1. The number of nitrogens with zero attached hydrogens (tertiary/aromatic N) is 1. The molecule has 1 aliphatic rings. The SMILES string of the molecule is N#CC1CNc2ccccc2S1. The van der Waals surface area contributed by atoms with Crippen molar-refractivity contribution in [3.8, 4) is 6.07 Å². The molecule has 0 radical (unpaired) electrons. The fraction of sp³-hybridized carbons (Fsp3) is 0.222. The number of para-hydroxylation sites is 1. The van der Waals surface area contributed by atoms with Crippen molar-refractivity contribution in [2.24, 2.45) is 0 Å². The monoisotopic (exact) mass is 176 g/mol. The maximum Gasteiger partial charge on any atom is 0.114 e. The highest BCUT2D eigenvalue weighted by Gasteiger charge is 2.16. The van der Waals surface area contributed by atoms with Crippen molar-refractivity contribution in [1.29, 1.82) is 5.26 Å². The zero-order valence-corrected chi connectivity index (χ0v) is 7.27. The van der Waals surface area contributed by atoms with E-state index in [1.54, 1.807) is 11.8 Å². The second-order valence-electron chi connectivity index (χ2n) is 2.61. The average molecular weight is 176 g/mol. The number of nitriles is 1. The van der Waals surface area contributed by atoms with Crippen LogP contribution in [-0.2, 0) is 0 Å². The number of benzene rings is 1. The van der Waals surface area contributed by atoms with E-state index < -0.39 is 0 Å². The number of thioether (sulfide) groups is 1. The van der Waals surface area contributed by atoms with Gasteiger partial charge in [-0.2, -0.15) is 5.26 Å². The van der Waals surface area contributed by atoms with Gasteiger partial charge >= 0.3 is 0 Å². The standard InChI is InChI=1S/C9H8N2S/c10-5-7-6-11-8-3-1-2-4-9(8)12-7/h1-4,7,11H,6H2. The quantitative estimate of drug-likeness (QED) is 0.657. The van der Waals surface area contributed by atoms with Gasteiger partial charge in [0.25, 0.3) is 0 Å². The van der Waals surface area contributed by atoms with E-state index in [4.69, 9.17) is 5.26 Å². The Hall–Kier alpha value is -1.14. The third-order valence-electron chi connectivity index (χ3n) is 1.78. The molecular weight excluding hydrogens is 168 g/mol. The van der Waals surface area contributed by atoms with Crippen LogP contribution in [0.4, 0.5) is 5.69 Å². The minimum Gasteiger partial charge on any atom is -0.382 e. The lowest BCUT2D eigenvalue weighted by molar-refractivity contribution is 1.06. The van der Waals surface area contributed by atoms with Crippen LogP contribution in [0.3, 0.4) is 0 Å². The maximum absolute atomic E-state index is 8.71. The van der Waals surface area contributed by atoms with Gasteiger partial charge in [-0.25, -0.2) is 0 Å². The number of hydrogen-bond acceptors (Lipinski definition) is 3. The molecule has 0 bridgehead atoms. The van der Waals surface area contributed by atoms with Crippen LogP contribution < -0.4 is 5.32 Å². The Labute approximate surface area is 75.6 Å². The molecule has 0 fully saturated rings. The molecule has 1 unspecified atom stereocenters. The van der Waals surface area contributed by atoms with Gasteiger partial charge in [0.05, 0.1) is 6.07 Å². The summed E-state index contributed by atoms with van der Waals surface area (Å²) in [6, 6.07) is 10.3. The van der Waals surface area contributed by atoms with Crippen LogP contribution in [0.25, 0.3) is 0 Å². The second-order valence-corrected chi connectivity index (χ2v) is 3.86. The summed E-state index contributed by atoms with van der Waals surface area (Å²) in [5.74, 6) is 0. The van der Waals surface area contributed by atoms with Crippen molar-refractivity contribution >= 4 is 17.4 Å². The van der Waals surface area contributed by atoms with Gasteiger partial charge in [0.15, 0.2) is 0 Å². The van der Waals surface area contributed by atoms with Crippen LogP contribution in [0, 0.1) is 11.3 Å². The Morgan fingerprint density at radius 3 is 3.17 bits per heavy atom. The van der Waals surface area contributed by atoms with Crippen molar-refractivity contribution in [3.63, 3.8) is 0 Å². The summed E-state index contributed by atoms with van der Waals surface area (Å²) in [5.41, 5.74) is 1.15. The zero-order chi connectivity index (χ0) is 8.39. The van der Waals surface area contributed by atoms with E-state index in [0.29, 0.717) is 0 Å². The van der Waals surface area contributed by atoms with Crippen LogP contribution in [0.1, 0.15) is 0 Å². The van der Waals surface area contributed by atoms with Crippen LogP contribution >= 0.6 is 11.8 Å². The molecule has 2 nitrogen and oxygen atoms in total. The molecule has 1 heterocycles. The molecular formula is C9H8N2S. The Bertz CT molecular complexity index is 330. The first-order valence-corrected chi connectivity index (χ1v) is 4.67. The Morgan fingerprint density at radius 1 is 1.50 bits per heavy atom. The number of fused-ring (bicyclic) bond motifs is 1. The molecule has 1 N–H and O–H groups in total. The first-order valence-electron chi connectivity index (χ1n) is 3.79. The van der Waals surface area contributed by atoms with E-state index in [9.17, 15) is 0 Å². The van der Waals surface area contributed by atoms with E-state index in [1.807, 2.05) is 24.3 Å². The van der Waals surface area contributed by atoms with Crippen LogP contribution in [0.15, 0.2) is 29.2 Å². The number of hydrogen-bond donors (Lipinski definition) is 1. The van der Waals surface area contributed by atoms with Gasteiger partial charge < -0.3 is 5.32 Å². The predicted octanol–water partition coefficient (Wildman–Crippen LogP) is 2.10. The first-order chi connectivity index (χ1) is 5.90. The van der Waals surface area contributed by atoms with Crippen molar-refractivity contribution < 1.29 is 0 Å². The van der Waals surface area contributed by atoms with Crippen molar-refractivity contribution in [2.75, 3.05) is 11.9 Å². The van der Waals surface area contributed by atoms with Crippen LogP contribution in [-0.4, -0.2) is 11.8 Å². The normalized spacial score (nSPS) is 20.4. The minimum absolute atomic E-state index is 0.0555. The zero-order valence-electron chi connectivity index (χ0n) is 6.45. The van der Waals surface area contributed by atoms with Gasteiger partial charge in [-0.15, -0.1) is 11.8 Å². The third kappa shape index (κ3) is 1.26. The highest BCUT2D eigenvalue weighted by molar-refractivity contribution is 8.00. The topological polar surface area (TPSA) is 35.8 Å². The maximum atomic E-state index is 8.71. The van der Waals surface area contributed by atoms with Crippen LogP contribution in [0.5, 0.6) is 0 Å². The first kappa shape index (κ1) is 7.51. The van der Waals surface area contributed by atoms with Crippen molar-refractivity contribution in [3.05, 3.63) is 24.3 Å². The molecule has 2 rings (SSSR count). The average Bonchev–Trinajstić information content (AvgIpc) is 2.17. The summed E-state index contributed by atoms with van der Waals surface area (Å²) >= 11 is 1.63. The van der Waals surface area contributed by atoms with Gasteiger partial charge in [0.2, 0.25) is 0 Å². The molecule has 0 aromatic heterocycles. The fourth-order valence-electron chi connectivity index (χ4n) is 1.19. The largest absolute Gasteiger partial charge is 0.382 e. The predicted molar refractivity (Wildman–Crippen MR) is 50.2 cm³/mol. The van der Waals surface area contributed by atoms with E-state index in [2.05, 4.69) is 11.4 Å². The highest BCUT2D eigenvalue weighted by atomic mass is 32.2. The molecule has 0 saturated carbocycles. The number of rotatable bonds is 0. The van der Waals surface area contributed by atoms with Crippen LogP contribution in [0.2, 0.25) is 0 Å². The lowest BCUT2D eigenvalue weighted by Crippen LogP contribution is -2.19. The van der Waals surface area contributed by atoms with Gasteiger partial charge in [-0.3, -0.25) is 0 Å². The Balaban J connectivity index is 2.30. The molecule has 60 valence electrons. The number of anilines is 1. The molecule has 0 aliphatic carbocycles. The van der Waals surface area contributed by atoms with Gasteiger partial charge in [0.1, 0.15) is 5.25 Å². The minimum atomic E-state index is 0.0555. The van der Waals surface area contributed by atoms with Gasteiger partial charge in [-0.05, 0) is 12.1 Å². The fourth-order valence-corrected chi connectivity index (χ4v) is 2.14. The molecule has 0 saturated heterocycles. The Kier molecular flexibility index (Phi) is 1.92. The Morgan fingerprint density at radius 2 is 2.33 bits per heavy atom. The summed E-state index contributed by atoms with van der Waals surface area (Å²) < 4.78 is 0. The summed E-state index contributed by atoms with van der Waals surface area (Å²) in [6.07, 6.45) is 0. The molecule has 1 aromatic carbocycles. The molecule has 1 aliphatic heterocycles. The van der Waals surface area contributed by atoms with E-state index in [0.717, 1.165) is 12.2 Å². The molecule has 1 aromatic rings. The van der Waals surface area contributed by atoms with Crippen molar-refractivity contribution in [2.45, 2.75) is 10.1 Å². The second kappa shape index (κ2) is 3.08. The lowest BCUT2D eigenvalue weighted by atomic mass is 10.3. The van der Waals surface area contributed by atoms with E-state index in [-0.39, 0.29) is 5.25 Å². The van der Waals surface area contributed by atoms with E-state index >= 15 is 0 Å². The van der Waals surface area contributed by atoms with E-state index in [1.165, 1.54) is 4.90 Å². The molecule has 0 amide bonds. The molecule has 12 heavy (non-hydrogen) atoms.